The van der Waals surface area contributed by atoms with Gasteiger partial charge in [0.2, 0.25) is 5.91 Å². The van der Waals surface area contributed by atoms with E-state index in [2.05, 4.69) is 0 Å². The van der Waals surface area contributed by atoms with Gasteiger partial charge >= 0.3 is 6.18 Å². The van der Waals surface area contributed by atoms with Crippen LogP contribution in [0.5, 0.6) is 5.75 Å². The molecule has 0 fully saturated rings. The first-order valence-corrected chi connectivity index (χ1v) is 9.35. The fourth-order valence-electron chi connectivity index (χ4n) is 3.27. The first kappa shape index (κ1) is 23.1. The number of nitrogens with zero attached hydrogens (tertiary/aromatic N) is 3. The van der Waals surface area contributed by atoms with E-state index in [1.807, 2.05) is 0 Å². The molecule has 0 aliphatic carbocycles. The molecule has 0 saturated heterocycles. The summed E-state index contributed by atoms with van der Waals surface area (Å²) in [6.07, 6.45) is -4.31. The quantitative estimate of drug-likeness (QED) is 0.665. The number of amides is 1. The molecule has 1 unspecified atom stereocenters. The molecule has 0 bridgehead atoms. The maximum absolute atomic E-state index is 13.5. The molecule has 8 heteroatoms. The lowest BCUT2D eigenvalue weighted by Gasteiger charge is -2.34. The van der Waals surface area contributed by atoms with Gasteiger partial charge in [0.15, 0.2) is 0 Å². The molecule has 0 aromatic heterocycles. The molecule has 30 heavy (non-hydrogen) atoms. The number of likely N-dealkylation sites (N-methyl/N-ethyl adjacent to an activating group) is 1. The summed E-state index contributed by atoms with van der Waals surface area (Å²) < 4.78 is 46.0. The van der Waals surface area contributed by atoms with Gasteiger partial charge in [-0.05, 0) is 30.7 Å². The first-order valence-electron chi connectivity index (χ1n) is 9.35. The van der Waals surface area contributed by atoms with E-state index in [9.17, 15) is 18.0 Å². The molecule has 0 aliphatic rings. The second kappa shape index (κ2) is 9.53. The van der Waals surface area contributed by atoms with Crippen LogP contribution in [-0.4, -0.2) is 38.1 Å². The van der Waals surface area contributed by atoms with E-state index >= 15 is 0 Å². The lowest BCUT2D eigenvalue weighted by atomic mass is 10.0. The molecule has 0 saturated carbocycles. The van der Waals surface area contributed by atoms with Crippen LogP contribution in [0.25, 0.3) is 0 Å². The third-order valence-corrected chi connectivity index (χ3v) is 4.78. The molecule has 0 radical (unpaired) electrons. The molecule has 0 aliphatic heterocycles. The fraction of sp³-hybridized carbons (Fsp3) is 0.364. The number of methoxy groups -OCH3 is 1. The zero-order chi connectivity index (χ0) is 22.5. The molecule has 1 amide bonds. The van der Waals surface area contributed by atoms with E-state index in [0.29, 0.717) is 12.2 Å². The van der Waals surface area contributed by atoms with Crippen LogP contribution in [-0.2, 0) is 17.5 Å². The van der Waals surface area contributed by atoms with Gasteiger partial charge in [-0.25, -0.2) is 0 Å². The minimum atomic E-state index is -4.69. The van der Waals surface area contributed by atoms with Gasteiger partial charge in [0, 0.05) is 31.9 Å². The molecule has 2 rings (SSSR count). The Morgan fingerprint density at radius 1 is 1.20 bits per heavy atom. The molecule has 0 heterocycles. The summed E-state index contributed by atoms with van der Waals surface area (Å²) in [5, 5.41) is 9.09. The lowest BCUT2D eigenvalue weighted by Crippen LogP contribution is -2.46. The van der Waals surface area contributed by atoms with Crippen LogP contribution >= 0.6 is 0 Å². The average molecular weight is 419 g/mol. The van der Waals surface area contributed by atoms with E-state index in [0.717, 1.165) is 17.7 Å². The highest BCUT2D eigenvalue weighted by atomic mass is 19.4. The molecule has 2 aromatic carbocycles. The monoisotopic (exact) mass is 419 g/mol. The number of anilines is 1. The molecule has 0 spiro atoms. The third-order valence-electron chi connectivity index (χ3n) is 4.78. The van der Waals surface area contributed by atoms with Crippen molar-refractivity contribution in [2.24, 2.45) is 0 Å². The van der Waals surface area contributed by atoms with Crippen LogP contribution < -0.4 is 9.64 Å². The molecule has 1 atom stereocenters. The summed E-state index contributed by atoms with van der Waals surface area (Å²) in [5.41, 5.74) is -0.563. The Hall–Kier alpha value is -3.21. The van der Waals surface area contributed by atoms with Crippen LogP contribution in [0.3, 0.4) is 0 Å². The van der Waals surface area contributed by atoms with E-state index < -0.39 is 23.3 Å². The van der Waals surface area contributed by atoms with Crippen molar-refractivity contribution in [2.75, 3.05) is 26.1 Å². The Labute approximate surface area is 174 Å². The summed E-state index contributed by atoms with van der Waals surface area (Å²) >= 11 is 0. The van der Waals surface area contributed by atoms with Crippen molar-refractivity contribution in [2.45, 2.75) is 32.1 Å². The Kier molecular flexibility index (Phi) is 7.33. The predicted octanol–water partition coefficient (Wildman–Crippen LogP) is 4.46. The zero-order valence-corrected chi connectivity index (χ0v) is 17.3. The number of carbonyl (C=O) groups excluding carboxylic acids is 1. The number of rotatable bonds is 7. The summed E-state index contributed by atoms with van der Waals surface area (Å²) in [6, 6.07) is 11.5. The largest absolute Gasteiger partial charge is 0.496 e. The van der Waals surface area contributed by atoms with Crippen LogP contribution in [0, 0.1) is 11.3 Å². The number of alkyl halides is 3. The van der Waals surface area contributed by atoms with Crippen LogP contribution in [0.4, 0.5) is 18.9 Å². The average Bonchev–Trinajstić information content (AvgIpc) is 2.72. The van der Waals surface area contributed by atoms with Crippen molar-refractivity contribution in [3.63, 3.8) is 0 Å². The van der Waals surface area contributed by atoms with E-state index in [1.54, 1.807) is 56.3 Å². The van der Waals surface area contributed by atoms with Crippen LogP contribution in [0.1, 0.15) is 30.0 Å². The lowest BCUT2D eigenvalue weighted by molar-refractivity contribution is -0.137. The molecule has 2 aromatic rings. The number of carbonyl (C=O) groups is 1. The van der Waals surface area contributed by atoms with Gasteiger partial charge in [0.05, 0.1) is 24.3 Å². The van der Waals surface area contributed by atoms with Crippen LogP contribution in [0.15, 0.2) is 42.5 Å². The summed E-state index contributed by atoms with van der Waals surface area (Å²) in [5.74, 6) is 0.338. The number of benzene rings is 2. The summed E-state index contributed by atoms with van der Waals surface area (Å²) in [7, 11) is 4.72. The van der Waals surface area contributed by atoms with Gasteiger partial charge in [-0.15, -0.1) is 0 Å². The number of para-hydroxylation sites is 1. The molecule has 5 nitrogen and oxygen atoms in total. The van der Waals surface area contributed by atoms with Crippen molar-refractivity contribution in [3.05, 3.63) is 59.2 Å². The highest BCUT2D eigenvalue weighted by Gasteiger charge is 2.35. The molecule has 0 N–H and O–H groups in total. The van der Waals surface area contributed by atoms with E-state index in [-0.39, 0.29) is 18.1 Å². The maximum Gasteiger partial charge on any atom is 0.417 e. The number of hydrogen-bond donors (Lipinski definition) is 0. The number of nitriles is 1. The van der Waals surface area contributed by atoms with Crippen molar-refractivity contribution in [1.29, 1.82) is 5.26 Å². The number of ether oxygens (including phenoxy) is 1. The first-order chi connectivity index (χ1) is 14.1. The Bertz CT molecular complexity index is 936. The van der Waals surface area contributed by atoms with Gasteiger partial charge in [-0.3, -0.25) is 4.79 Å². The number of halogens is 3. The summed E-state index contributed by atoms with van der Waals surface area (Å²) in [4.78, 5) is 15.9. The molecule has 160 valence electrons. The molecular weight excluding hydrogens is 395 g/mol. The standard InChI is InChI=1S/C22H24F3N3O2/c1-5-19(21(29)27(2)3)28(14-16-8-6-7-9-20(16)30-4)17-11-10-15(13-26)18(12-17)22(23,24)25/h6-12,19H,5,14H2,1-4H3. The highest BCUT2D eigenvalue weighted by molar-refractivity contribution is 5.85. The van der Waals surface area contributed by atoms with Crippen LogP contribution in [0.2, 0.25) is 0 Å². The van der Waals surface area contributed by atoms with Gasteiger partial charge in [0.25, 0.3) is 0 Å². The van der Waals surface area contributed by atoms with Gasteiger partial charge < -0.3 is 14.5 Å². The normalized spacial score (nSPS) is 12.1. The second-order valence-electron chi connectivity index (χ2n) is 6.94. The van der Waals surface area contributed by atoms with Crippen molar-refractivity contribution in [3.8, 4) is 11.8 Å². The minimum Gasteiger partial charge on any atom is -0.496 e. The fourth-order valence-corrected chi connectivity index (χ4v) is 3.27. The molecular formula is C22H24F3N3O2. The smallest absolute Gasteiger partial charge is 0.417 e. The maximum atomic E-state index is 13.5. The van der Waals surface area contributed by atoms with Crippen molar-refractivity contribution in [1.82, 2.24) is 4.90 Å². The third kappa shape index (κ3) is 5.03. The Morgan fingerprint density at radius 2 is 1.87 bits per heavy atom. The Balaban J connectivity index is 2.64. The predicted molar refractivity (Wildman–Crippen MR) is 108 cm³/mol. The van der Waals surface area contributed by atoms with Gasteiger partial charge in [-0.2, -0.15) is 18.4 Å². The second-order valence-corrected chi connectivity index (χ2v) is 6.94. The van der Waals surface area contributed by atoms with E-state index in [1.165, 1.54) is 18.1 Å². The minimum absolute atomic E-state index is 0.158. The number of hydrogen-bond acceptors (Lipinski definition) is 4. The van der Waals surface area contributed by atoms with E-state index in [4.69, 9.17) is 10.00 Å². The van der Waals surface area contributed by atoms with Gasteiger partial charge in [0.1, 0.15) is 11.8 Å². The zero-order valence-electron chi connectivity index (χ0n) is 17.3. The van der Waals surface area contributed by atoms with Crippen molar-refractivity contribution < 1.29 is 22.7 Å². The topological polar surface area (TPSA) is 56.6 Å². The van der Waals surface area contributed by atoms with Crippen molar-refractivity contribution >= 4 is 11.6 Å². The SMILES string of the molecule is CCC(C(=O)N(C)C)N(Cc1ccccc1OC)c1ccc(C#N)c(C(F)(F)F)c1. The Morgan fingerprint density at radius 3 is 2.40 bits per heavy atom. The highest BCUT2D eigenvalue weighted by Crippen LogP contribution is 2.36. The van der Waals surface area contributed by atoms with Gasteiger partial charge in [-0.1, -0.05) is 25.1 Å². The summed E-state index contributed by atoms with van der Waals surface area (Å²) in [6.45, 7) is 1.96.